The Balaban J connectivity index is 2.99. The molecule has 0 fully saturated rings. The second kappa shape index (κ2) is 4.69. The Morgan fingerprint density at radius 2 is 1.94 bits per heavy atom. The molecule has 0 aliphatic heterocycles. The number of rotatable bonds is 3. The van der Waals surface area contributed by atoms with Gasteiger partial charge < -0.3 is 10.6 Å². The van der Waals surface area contributed by atoms with Crippen molar-refractivity contribution < 1.29 is 17.6 Å². The molecule has 0 aliphatic carbocycles. The van der Waals surface area contributed by atoms with E-state index in [0.29, 0.717) is 0 Å². The molecule has 0 spiro atoms. The smallest absolute Gasteiger partial charge is 0.365 e. The fourth-order valence-corrected chi connectivity index (χ4v) is 1.46. The Labute approximate surface area is 90.7 Å². The van der Waals surface area contributed by atoms with Gasteiger partial charge in [-0.25, -0.2) is 4.39 Å². The predicted octanol–water partition coefficient (Wildman–Crippen LogP) is 2.28. The summed E-state index contributed by atoms with van der Waals surface area (Å²) in [6, 6.07) is 3.95. The van der Waals surface area contributed by atoms with E-state index < -0.39 is 18.5 Å². The van der Waals surface area contributed by atoms with E-state index >= 15 is 0 Å². The first kappa shape index (κ1) is 12.8. The van der Waals surface area contributed by atoms with E-state index in [2.05, 4.69) is 0 Å². The molecule has 1 rings (SSSR count). The van der Waals surface area contributed by atoms with Gasteiger partial charge in [0.25, 0.3) is 0 Å². The lowest BCUT2D eigenvalue weighted by molar-refractivity contribution is -0.119. The van der Waals surface area contributed by atoms with Gasteiger partial charge in [0.1, 0.15) is 12.4 Å². The van der Waals surface area contributed by atoms with Gasteiger partial charge in [0.05, 0.1) is 0 Å². The van der Waals surface area contributed by atoms with Crippen LogP contribution in [0.25, 0.3) is 0 Å². The van der Waals surface area contributed by atoms with Crippen molar-refractivity contribution in [3.63, 3.8) is 0 Å². The Kier molecular flexibility index (Phi) is 3.74. The topological polar surface area (TPSA) is 29.3 Å². The number of alkyl halides is 3. The zero-order chi connectivity index (χ0) is 12.3. The summed E-state index contributed by atoms with van der Waals surface area (Å²) in [5.74, 6) is -0.589. The van der Waals surface area contributed by atoms with Crippen LogP contribution >= 0.6 is 0 Å². The highest BCUT2D eigenvalue weighted by atomic mass is 19.4. The number of nitrogens with zero attached hydrogens (tertiary/aromatic N) is 1. The van der Waals surface area contributed by atoms with Crippen LogP contribution in [0.3, 0.4) is 0 Å². The molecule has 6 heteroatoms. The van der Waals surface area contributed by atoms with E-state index in [1.54, 1.807) is 0 Å². The molecule has 2 nitrogen and oxygen atoms in total. The molecule has 0 saturated heterocycles. The van der Waals surface area contributed by atoms with Crippen molar-refractivity contribution in [2.45, 2.75) is 12.7 Å². The SMILES string of the molecule is CN(CC(F)(F)F)c1cccc(F)c1CN. The van der Waals surface area contributed by atoms with Gasteiger partial charge in [-0.1, -0.05) is 6.07 Å². The van der Waals surface area contributed by atoms with Crippen molar-refractivity contribution in [3.05, 3.63) is 29.6 Å². The minimum absolute atomic E-state index is 0.0919. The first-order chi connectivity index (χ1) is 7.35. The average molecular weight is 236 g/mol. The first-order valence-electron chi connectivity index (χ1n) is 4.60. The van der Waals surface area contributed by atoms with Crippen LogP contribution in [0.1, 0.15) is 5.56 Å². The summed E-state index contributed by atoms with van der Waals surface area (Å²) >= 11 is 0. The maximum atomic E-state index is 13.3. The molecule has 1 aromatic rings. The zero-order valence-electron chi connectivity index (χ0n) is 8.68. The molecule has 0 atom stereocenters. The fraction of sp³-hybridized carbons (Fsp3) is 0.400. The van der Waals surface area contributed by atoms with E-state index in [4.69, 9.17) is 5.73 Å². The van der Waals surface area contributed by atoms with Gasteiger partial charge >= 0.3 is 6.18 Å². The third kappa shape index (κ3) is 3.10. The van der Waals surface area contributed by atoms with Crippen LogP contribution in [0.2, 0.25) is 0 Å². The molecule has 0 radical (unpaired) electrons. The van der Waals surface area contributed by atoms with Crippen molar-refractivity contribution in [2.24, 2.45) is 5.73 Å². The predicted molar refractivity (Wildman–Crippen MR) is 53.6 cm³/mol. The number of hydrogen-bond acceptors (Lipinski definition) is 2. The second-order valence-electron chi connectivity index (χ2n) is 3.41. The Morgan fingerprint density at radius 3 is 2.44 bits per heavy atom. The summed E-state index contributed by atoms with van der Waals surface area (Å²) in [7, 11) is 1.25. The van der Waals surface area contributed by atoms with Crippen molar-refractivity contribution in [3.8, 4) is 0 Å². The van der Waals surface area contributed by atoms with Crippen LogP contribution in [0.5, 0.6) is 0 Å². The summed E-state index contributed by atoms with van der Waals surface area (Å²) in [6.07, 6.45) is -4.33. The van der Waals surface area contributed by atoms with Gasteiger partial charge in [0.15, 0.2) is 0 Å². The highest BCUT2D eigenvalue weighted by Gasteiger charge is 2.30. The lowest BCUT2D eigenvalue weighted by Crippen LogP contribution is -2.31. The number of anilines is 1. The van der Waals surface area contributed by atoms with E-state index in [1.165, 1.54) is 25.2 Å². The normalized spacial score (nSPS) is 11.6. The molecule has 0 saturated carbocycles. The van der Waals surface area contributed by atoms with Gasteiger partial charge in [-0.3, -0.25) is 0 Å². The molecule has 0 bridgehead atoms. The van der Waals surface area contributed by atoms with Gasteiger partial charge in [0.2, 0.25) is 0 Å². The summed E-state index contributed by atoms with van der Waals surface area (Å²) in [5.41, 5.74) is 5.56. The lowest BCUT2D eigenvalue weighted by atomic mass is 10.1. The van der Waals surface area contributed by atoms with Crippen molar-refractivity contribution >= 4 is 5.69 Å². The molecule has 0 aromatic heterocycles. The Bertz CT molecular complexity index is 362. The van der Waals surface area contributed by atoms with Crippen LogP contribution in [-0.2, 0) is 6.54 Å². The molecular weight excluding hydrogens is 224 g/mol. The molecule has 90 valence electrons. The molecule has 0 amide bonds. The summed E-state index contributed by atoms with van der Waals surface area (Å²) in [6.45, 7) is -1.27. The van der Waals surface area contributed by atoms with Crippen LogP contribution in [0.15, 0.2) is 18.2 Å². The molecule has 2 N–H and O–H groups in total. The molecular formula is C10H12F4N2. The molecule has 0 aliphatic rings. The van der Waals surface area contributed by atoms with Gasteiger partial charge in [0, 0.05) is 24.8 Å². The van der Waals surface area contributed by atoms with Crippen molar-refractivity contribution in [1.29, 1.82) is 0 Å². The van der Waals surface area contributed by atoms with Gasteiger partial charge in [-0.05, 0) is 12.1 Å². The van der Waals surface area contributed by atoms with E-state index in [0.717, 1.165) is 4.90 Å². The lowest BCUT2D eigenvalue weighted by Gasteiger charge is -2.23. The maximum Gasteiger partial charge on any atom is 0.405 e. The summed E-state index contributed by atoms with van der Waals surface area (Å²) in [4.78, 5) is 0.936. The third-order valence-electron chi connectivity index (χ3n) is 2.13. The monoisotopic (exact) mass is 236 g/mol. The Morgan fingerprint density at radius 1 is 1.31 bits per heavy atom. The quantitative estimate of drug-likeness (QED) is 0.816. The van der Waals surface area contributed by atoms with Crippen molar-refractivity contribution in [1.82, 2.24) is 0 Å². The van der Waals surface area contributed by atoms with Crippen LogP contribution < -0.4 is 10.6 Å². The number of hydrogen-bond donors (Lipinski definition) is 1. The van der Waals surface area contributed by atoms with E-state index in [-0.39, 0.29) is 17.8 Å². The first-order valence-corrected chi connectivity index (χ1v) is 4.60. The van der Waals surface area contributed by atoms with E-state index in [1.807, 2.05) is 0 Å². The molecule has 1 aromatic carbocycles. The highest BCUT2D eigenvalue weighted by molar-refractivity contribution is 5.53. The second-order valence-corrected chi connectivity index (χ2v) is 3.41. The third-order valence-corrected chi connectivity index (χ3v) is 2.13. The number of benzene rings is 1. The van der Waals surface area contributed by atoms with Gasteiger partial charge in [-0.2, -0.15) is 13.2 Å². The molecule has 0 heterocycles. The van der Waals surface area contributed by atoms with Crippen LogP contribution in [0, 0.1) is 5.82 Å². The molecule has 0 unspecified atom stereocenters. The number of nitrogens with two attached hydrogens (primary N) is 1. The summed E-state index contributed by atoms with van der Waals surface area (Å²) in [5, 5.41) is 0. The van der Waals surface area contributed by atoms with Crippen LogP contribution in [0.4, 0.5) is 23.2 Å². The largest absolute Gasteiger partial charge is 0.405 e. The number of halogens is 4. The van der Waals surface area contributed by atoms with Gasteiger partial charge in [-0.15, -0.1) is 0 Å². The highest BCUT2D eigenvalue weighted by Crippen LogP contribution is 2.25. The standard InChI is InChI=1S/C10H12F4N2/c1-16(6-10(12,13)14)9-4-2-3-8(11)7(9)5-15/h2-4H,5-6,15H2,1H3. The zero-order valence-corrected chi connectivity index (χ0v) is 8.68. The Hall–Kier alpha value is -1.30. The average Bonchev–Trinajstić information content (AvgIpc) is 2.14. The minimum atomic E-state index is -4.33. The minimum Gasteiger partial charge on any atom is -0.365 e. The maximum absolute atomic E-state index is 13.3. The van der Waals surface area contributed by atoms with E-state index in [9.17, 15) is 17.6 Å². The summed E-state index contributed by atoms with van der Waals surface area (Å²) < 4.78 is 49.7. The molecule has 16 heavy (non-hydrogen) atoms. The van der Waals surface area contributed by atoms with Crippen LogP contribution in [-0.4, -0.2) is 19.8 Å². The fourth-order valence-electron chi connectivity index (χ4n) is 1.46. The van der Waals surface area contributed by atoms with Crippen molar-refractivity contribution in [2.75, 3.05) is 18.5 Å².